The van der Waals surface area contributed by atoms with Gasteiger partial charge < -0.3 is 29.2 Å². The quantitative estimate of drug-likeness (QED) is 0.457. The van der Waals surface area contributed by atoms with Crippen molar-refractivity contribution >= 4 is 32.8 Å². The number of ether oxygens (including phenoxy) is 4. The highest BCUT2D eigenvalue weighted by molar-refractivity contribution is 7.13. The Labute approximate surface area is 189 Å². The van der Waals surface area contributed by atoms with E-state index < -0.39 is 0 Å². The lowest BCUT2D eigenvalue weighted by Gasteiger charge is -2.39. The van der Waals surface area contributed by atoms with Crippen molar-refractivity contribution in [3.05, 3.63) is 53.7 Å². The van der Waals surface area contributed by atoms with Crippen LogP contribution < -0.4 is 29.2 Å². The second kappa shape index (κ2) is 7.20. The number of aromatic nitrogens is 1. The van der Waals surface area contributed by atoms with Gasteiger partial charge in [-0.05, 0) is 35.2 Å². The molecule has 0 amide bonds. The molecule has 1 atom stereocenters. The molecule has 3 aromatic carbocycles. The molecule has 0 radical (unpaired) electrons. The first-order valence-electron chi connectivity index (χ1n) is 10.2. The average Bonchev–Trinajstić information content (AvgIpc) is 3.50. The number of thiazole rings is 1. The van der Waals surface area contributed by atoms with Crippen LogP contribution in [0.2, 0.25) is 0 Å². The van der Waals surface area contributed by atoms with E-state index in [-0.39, 0.29) is 13.0 Å². The van der Waals surface area contributed by atoms with E-state index in [1.807, 2.05) is 23.8 Å². The SMILES string of the molecule is COc1ccc2c(c1OC)C(Nc1cncs1)N(C)c1c-2ccc2cc3c(cc12)OCO3. The number of benzene rings is 3. The number of rotatable bonds is 4. The zero-order valence-electron chi connectivity index (χ0n) is 17.8. The summed E-state index contributed by atoms with van der Waals surface area (Å²) >= 11 is 1.56. The topological polar surface area (TPSA) is 65.1 Å². The standard InChI is InChI=1S/C24H21N3O4S/c1-27-22-15(5-4-13-8-18-19(9-16(13)22)31-12-30-18)14-6-7-17(28-2)23(29-3)21(14)24(27)26-20-10-25-11-32-20/h4-11,24,26H,12H2,1-3H3. The van der Waals surface area contributed by atoms with E-state index >= 15 is 0 Å². The Bertz CT molecular complexity index is 1340. The molecule has 0 saturated carbocycles. The molecule has 2 aliphatic rings. The van der Waals surface area contributed by atoms with Crippen LogP contribution in [0, 0.1) is 0 Å². The number of fused-ring (bicyclic) bond motifs is 6. The summed E-state index contributed by atoms with van der Waals surface area (Å²) in [5, 5.41) is 6.81. The van der Waals surface area contributed by atoms with Crippen molar-refractivity contribution in [1.29, 1.82) is 0 Å². The first kappa shape index (κ1) is 19.1. The van der Waals surface area contributed by atoms with Gasteiger partial charge in [0.1, 0.15) is 11.2 Å². The van der Waals surface area contributed by atoms with Gasteiger partial charge in [0.2, 0.25) is 6.79 Å². The third-order valence-corrected chi connectivity index (χ3v) is 6.79. The molecular weight excluding hydrogens is 426 g/mol. The van der Waals surface area contributed by atoms with Crippen molar-refractivity contribution in [3.8, 4) is 34.1 Å². The van der Waals surface area contributed by atoms with Gasteiger partial charge in [-0.1, -0.05) is 12.1 Å². The van der Waals surface area contributed by atoms with Gasteiger partial charge in [0.15, 0.2) is 23.0 Å². The Morgan fingerprint density at radius 1 is 1.06 bits per heavy atom. The monoisotopic (exact) mass is 447 g/mol. The van der Waals surface area contributed by atoms with Gasteiger partial charge in [-0.2, -0.15) is 0 Å². The Hall–Kier alpha value is -3.65. The van der Waals surface area contributed by atoms with E-state index in [0.717, 1.165) is 55.4 Å². The van der Waals surface area contributed by atoms with Crippen LogP contribution >= 0.6 is 11.3 Å². The molecule has 0 bridgehead atoms. The van der Waals surface area contributed by atoms with Crippen LogP contribution in [0.4, 0.5) is 10.7 Å². The molecule has 1 unspecified atom stereocenters. The minimum Gasteiger partial charge on any atom is -0.493 e. The van der Waals surface area contributed by atoms with Crippen molar-refractivity contribution in [1.82, 2.24) is 4.98 Å². The van der Waals surface area contributed by atoms with E-state index in [9.17, 15) is 0 Å². The van der Waals surface area contributed by atoms with Crippen molar-refractivity contribution in [2.45, 2.75) is 6.17 Å². The van der Waals surface area contributed by atoms with Crippen LogP contribution in [0.5, 0.6) is 23.0 Å². The lowest BCUT2D eigenvalue weighted by atomic mass is 9.88. The maximum atomic E-state index is 5.86. The Kier molecular flexibility index (Phi) is 4.29. The summed E-state index contributed by atoms with van der Waals surface area (Å²) in [4.78, 5) is 6.47. The number of hydrogen-bond acceptors (Lipinski definition) is 8. The Balaban J connectivity index is 1.64. The molecule has 32 heavy (non-hydrogen) atoms. The van der Waals surface area contributed by atoms with Crippen molar-refractivity contribution in [2.24, 2.45) is 0 Å². The van der Waals surface area contributed by atoms with E-state index in [2.05, 4.69) is 46.5 Å². The summed E-state index contributed by atoms with van der Waals surface area (Å²) in [5.41, 5.74) is 6.17. The number of methoxy groups -OCH3 is 2. The summed E-state index contributed by atoms with van der Waals surface area (Å²) in [6.45, 7) is 0.249. The maximum absolute atomic E-state index is 5.86. The molecule has 1 aromatic heterocycles. The molecule has 8 heteroatoms. The maximum Gasteiger partial charge on any atom is 0.231 e. The largest absolute Gasteiger partial charge is 0.493 e. The van der Waals surface area contributed by atoms with Crippen LogP contribution in [0.25, 0.3) is 21.9 Å². The zero-order chi connectivity index (χ0) is 21.8. The molecule has 0 saturated heterocycles. The van der Waals surface area contributed by atoms with Gasteiger partial charge in [-0.25, -0.2) is 0 Å². The lowest BCUT2D eigenvalue weighted by Crippen LogP contribution is -2.34. The van der Waals surface area contributed by atoms with E-state index in [1.54, 1.807) is 25.6 Å². The number of anilines is 2. The molecule has 162 valence electrons. The lowest BCUT2D eigenvalue weighted by molar-refractivity contribution is 0.174. The predicted octanol–water partition coefficient (Wildman–Crippen LogP) is 5.27. The molecule has 6 rings (SSSR count). The molecule has 7 nitrogen and oxygen atoms in total. The fraction of sp³-hybridized carbons (Fsp3) is 0.208. The minimum atomic E-state index is -0.195. The normalized spacial score (nSPS) is 16.0. The average molecular weight is 448 g/mol. The summed E-state index contributed by atoms with van der Waals surface area (Å²) < 4.78 is 22.8. The molecule has 2 aliphatic heterocycles. The van der Waals surface area contributed by atoms with Gasteiger partial charge in [0, 0.05) is 23.6 Å². The van der Waals surface area contributed by atoms with Crippen molar-refractivity contribution in [3.63, 3.8) is 0 Å². The van der Waals surface area contributed by atoms with Crippen molar-refractivity contribution < 1.29 is 18.9 Å². The first-order valence-corrected chi connectivity index (χ1v) is 11.1. The third-order valence-electron chi connectivity index (χ3n) is 6.08. The number of nitrogens with zero attached hydrogens (tertiary/aromatic N) is 2. The second-order valence-electron chi connectivity index (χ2n) is 7.67. The van der Waals surface area contributed by atoms with Crippen LogP contribution in [-0.2, 0) is 0 Å². The predicted molar refractivity (Wildman–Crippen MR) is 125 cm³/mol. The molecule has 1 N–H and O–H groups in total. The fourth-order valence-corrected chi connectivity index (χ4v) is 5.20. The van der Waals surface area contributed by atoms with Crippen LogP contribution in [0.15, 0.2) is 48.1 Å². The molecular formula is C24H21N3O4S. The van der Waals surface area contributed by atoms with Gasteiger partial charge in [-0.15, -0.1) is 11.3 Å². The van der Waals surface area contributed by atoms with Gasteiger partial charge in [0.05, 0.1) is 31.6 Å². The van der Waals surface area contributed by atoms with Crippen LogP contribution in [0.3, 0.4) is 0 Å². The summed E-state index contributed by atoms with van der Waals surface area (Å²) in [7, 11) is 5.42. The van der Waals surface area contributed by atoms with Gasteiger partial charge in [0.25, 0.3) is 0 Å². The highest BCUT2D eigenvalue weighted by atomic mass is 32.1. The highest BCUT2D eigenvalue weighted by Crippen LogP contribution is 2.53. The fourth-order valence-electron chi connectivity index (χ4n) is 4.67. The first-order chi connectivity index (χ1) is 15.7. The molecule has 4 aromatic rings. The third kappa shape index (κ3) is 2.69. The van der Waals surface area contributed by atoms with Crippen LogP contribution in [-0.4, -0.2) is 33.0 Å². The summed E-state index contributed by atoms with van der Waals surface area (Å²) in [5.74, 6) is 2.96. The van der Waals surface area contributed by atoms with Crippen LogP contribution in [0.1, 0.15) is 11.7 Å². The zero-order valence-corrected chi connectivity index (χ0v) is 18.7. The van der Waals surface area contributed by atoms with Gasteiger partial charge >= 0.3 is 0 Å². The summed E-state index contributed by atoms with van der Waals surface area (Å²) in [6.07, 6.45) is 1.64. The molecule has 3 heterocycles. The highest BCUT2D eigenvalue weighted by Gasteiger charge is 2.35. The van der Waals surface area contributed by atoms with E-state index in [1.165, 1.54) is 0 Å². The second-order valence-corrected chi connectivity index (χ2v) is 8.56. The van der Waals surface area contributed by atoms with Crippen molar-refractivity contribution in [2.75, 3.05) is 38.3 Å². The molecule has 0 fully saturated rings. The Morgan fingerprint density at radius 2 is 1.88 bits per heavy atom. The smallest absolute Gasteiger partial charge is 0.231 e. The molecule has 0 aliphatic carbocycles. The summed E-state index contributed by atoms with van der Waals surface area (Å²) in [6, 6.07) is 12.5. The van der Waals surface area contributed by atoms with Gasteiger partial charge in [-0.3, -0.25) is 4.98 Å². The van der Waals surface area contributed by atoms with E-state index in [4.69, 9.17) is 18.9 Å². The Morgan fingerprint density at radius 3 is 2.62 bits per heavy atom. The number of hydrogen-bond donors (Lipinski definition) is 1. The van der Waals surface area contributed by atoms with E-state index in [0.29, 0.717) is 5.75 Å². The minimum absolute atomic E-state index is 0.195. The molecule has 0 spiro atoms. The number of nitrogens with one attached hydrogen (secondary N) is 1.